The maximum Gasteiger partial charge on any atom is 0.226 e. The molecule has 1 heterocycles. The van der Waals surface area contributed by atoms with Gasteiger partial charge in [0.25, 0.3) is 0 Å². The highest BCUT2D eigenvalue weighted by atomic mass is 16.3. The molecule has 1 atom stereocenters. The number of aliphatic hydroxyl groups is 1. The first-order chi connectivity index (χ1) is 6.08. The first-order valence-corrected chi connectivity index (χ1v) is 4.34. The molecule has 13 heavy (non-hydrogen) atoms. The summed E-state index contributed by atoms with van der Waals surface area (Å²) in [7, 11) is 0. The third-order valence-corrected chi connectivity index (χ3v) is 2.10. The Hall–Kier alpha value is -0.940. The SMILES string of the molecule is NC(O)CCC1CC(=O)NC(=O)C1. The van der Waals surface area contributed by atoms with E-state index in [1.54, 1.807) is 0 Å². The van der Waals surface area contributed by atoms with Gasteiger partial charge in [0.05, 0.1) is 0 Å². The maximum absolute atomic E-state index is 10.9. The van der Waals surface area contributed by atoms with E-state index in [1.165, 1.54) is 0 Å². The molecule has 0 saturated carbocycles. The van der Waals surface area contributed by atoms with Crippen molar-refractivity contribution >= 4 is 11.8 Å². The van der Waals surface area contributed by atoms with Crippen LogP contribution in [0.25, 0.3) is 0 Å². The van der Waals surface area contributed by atoms with Crippen molar-refractivity contribution < 1.29 is 14.7 Å². The summed E-state index contributed by atoms with van der Waals surface area (Å²) in [6.07, 6.45) is 0.930. The summed E-state index contributed by atoms with van der Waals surface area (Å²) in [4.78, 5) is 21.8. The lowest BCUT2D eigenvalue weighted by atomic mass is 9.92. The summed E-state index contributed by atoms with van der Waals surface area (Å²) in [6, 6.07) is 0. The lowest BCUT2D eigenvalue weighted by Crippen LogP contribution is -2.38. The first kappa shape index (κ1) is 10.1. The van der Waals surface area contributed by atoms with Gasteiger partial charge in [-0.1, -0.05) is 0 Å². The third kappa shape index (κ3) is 3.52. The van der Waals surface area contributed by atoms with Crippen molar-refractivity contribution in [2.45, 2.75) is 31.9 Å². The molecule has 0 radical (unpaired) electrons. The fourth-order valence-electron chi connectivity index (χ4n) is 1.46. The molecule has 0 aromatic heterocycles. The van der Waals surface area contributed by atoms with Gasteiger partial charge >= 0.3 is 0 Å². The van der Waals surface area contributed by atoms with Crippen LogP contribution in [-0.2, 0) is 9.59 Å². The number of aliphatic hydroxyl groups excluding tert-OH is 1. The average molecular weight is 186 g/mol. The van der Waals surface area contributed by atoms with E-state index in [0.29, 0.717) is 25.7 Å². The molecule has 74 valence electrons. The van der Waals surface area contributed by atoms with E-state index in [9.17, 15) is 9.59 Å². The second-order valence-corrected chi connectivity index (χ2v) is 3.39. The molecular weight excluding hydrogens is 172 g/mol. The normalized spacial score (nSPS) is 21.4. The van der Waals surface area contributed by atoms with Crippen molar-refractivity contribution in [3.8, 4) is 0 Å². The van der Waals surface area contributed by atoms with Crippen molar-refractivity contribution in [1.29, 1.82) is 0 Å². The van der Waals surface area contributed by atoms with E-state index < -0.39 is 6.23 Å². The van der Waals surface area contributed by atoms with Crippen LogP contribution in [0.5, 0.6) is 0 Å². The Labute approximate surface area is 76.3 Å². The monoisotopic (exact) mass is 186 g/mol. The molecule has 1 saturated heterocycles. The standard InChI is InChI=1S/C8H14N2O3/c9-6(11)2-1-5-3-7(12)10-8(13)4-5/h5-6,11H,1-4,9H2,(H,10,12,13). The minimum Gasteiger partial charge on any atom is -0.379 e. The molecule has 5 heteroatoms. The predicted molar refractivity (Wildman–Crippen MR) is 45.3 cm³/mol. The van der Waals surface area contributed by atoms with Crippen LogP contribution in [-0.4, -0.2) is 23.1 Å². The minimum atomic E-state index is -0.847. The van der Waals surface area contributed by atoms with Gasteiger partial charge in [-0.05, 0) is 18.8 Å². The highest BCUT2D eigenvalue weighted by molar-refractivity contribution is 5.97. The molecule has 5 nitrogen and oxygen atoms in total. The number of carbonyl (C=O) groups excluding carboxylic acids is 2. The van der Waals surface area contributed by atoms with Crippen LogP contribution in [0.2, 0.25) is 0 Å². The Morgan fingerprint density at radius 1 is 1.46 bits per heavy atom. The Kier molecular flexibility index (Phi) is 3.39. The lowest BCUT2D eigenvalue weighted by Gasteiger charge is -2.20. The molecule has 2 amide bonds. The van der Waals surface area contributed by atoms with E-state index in [1.807, 2.05) is 0 Å². The van der Waals surface area contributed by atoms with Crippen LogP contribution in [0.15, 0.2) is 0 Å². The summed E-state index contributed by atoms with van der Waals surface area (Å²) in [5, 5.41) is 11.0. The molecule has 0 aliphatic carbocycles. The summed E-state index contributed by atoms with van der Waals surface area (Å²) >= 11 is 0. The number of carbonyl (C=O) groups is 2. The number of imide groups is 1. The molecule has 1 unspecified atom stereocenters. The molecule has 0 bridgehead atoms. The maximum atomic E-state index is 10.9. The van der Waals surface area contributed by atoms with E-state index in [0.717, 1.165) is 0 Å². The number of nitrogens with one attached hydrogen (secondary N) is 1. The summed E-state index contributed by atoms with van der Waals surface area (Å²) in [5.74, 6) is -0.417. The molecule has 1 fully saturated rings. The Morgan fingerprint density at radius 2 is 2.00 bits per heavy atom. The Bertz CT molecular complexity index is 199. The number of nitrogens with two attached hydrogens (primary N) is 1. The van der Waals surface area contributed by atoms with E-state index in [4.69, 9.17) is 10.8 Å². The van der Waals surface area contributed by atoms with Gasteiger partial charge in [-0.2, -0.15) is 0 Å². The summed E-state index contributed by atoms with van der Waals surface area (Å²) < 4.78 is 0. The number of amides is 2. The van der Waals surface area contributed by atoms with Gasteiger partial charge in [0.2, 0.25) is 11.8 Å². The molecule has 1 rings (SSSR count). The molecule has 0 spiro atoms. The molecule has 0 aromatic carbocycles. The zero-order chi connectivity index (χ0) is 9.84. The van der Waals surface area contributed by atoms with Crippen molar-refractivity contribution in [1.82, 2.24) is 5.32 Å². The van der Waals surface area contributed by atoms with Crippen molar-refractivity contribution in [2.24, 2.45) is 11.7 Å². The molecule has 1 aliphatic heterocycles. The van der Waals surface area contributed by atoms with Gasteiger partial charge in [0.1, 0.15) is 6.23 Å². The van der Waals surface area contributed by atoms with E-state index in [2.05, 4.69) is 5.32 Å². The number of hydrogen-bond donors (Lipinski definition) is 3. The molecule has 4 N–H and O–H groups in total. The largest absolute Gasteiger partial charge is 0.379 e. The predicted octanol–water partition coefficient (Wildman–Crippen LogP) is -0.904. The first-order valence-electron chi connectivity index (χ1n) is 4.34. The van der Waals surface area contributed by atoms with Crippen LogP contribution in [0.4, 0.5) is 0 Å². The third-order valence-electron chi connectivity index (χ3n) is 2.10. The van der Waals surface area contributed by atoms with Gasteiger partial charge < -0.3 is 10.8 Å². The van der Waals surface area contributed by atoms with E-state index in [-0.39, 0.29) is 17.7 Å². The smallest absolute Gasteiger partial charge is 0.226 e. The van der Waals surface area contributed by atoms with Crippen LogP contribution in [0.3, 0.4) is 0 Å². The minimum absolute atomic E-state index is 0.0412. The quantitative estimate of drug-likeness (QED) is 0.393. The number of piperidine rings is 1. The number of rotatable bonds is 3. The lowest BCUT2D eigenvalue weighted by molar-refractivity contribution is -0.135. The van der Waals surface area contributed by atoms with Crippen molar-refractivity contribution in [3.63, 3.8) is 0 Å². The summed E-state index contributed by atoms with van der Waals surface area (Å²) in [6.45, 7) is 0. The second kappa shape index (κ2) is 4.34. The zero-order valence-electron chi connectivity index (χ0n) is 7.32. The second-order valence-electron chi connectivity index (χ2n) is 3.39. The zero-order valence-corrected chi connectivity index (χ0v) is 7.32. The average Bonchev–Trinajstić information content (AvgIpc) is 1.99. The number of hydrogen-bond acceptors (Lipinski definition) is 4. The Balaban J connectivity index is 2.33. The van der Waals surface area contributed by atoms with Crippen LogP contribution in [0, 0.1) is 5.92 Å². The molecule has 1 aliphatic rings. The molecular formula is C8H14N2O3. The topological polar surface area (TPSA) is 92.4 Å². The van der Waals surface area contributed by atoms with Crippen LogP contribution in [0.1, 0.15) is 25.7 Å². The van der Waals surface area contributed by atoms with Gasteiger partial charge in [-0.3, -0.25) is 14.9 Å². The van der Waals surface area contributed by atoms with Crippen molar-refractivity contribution in [2.75, 3.05) is 0 Å². The molecule has 0 aromatic rings. The fourth-order valence-corrected chi connectivity index (χ4v) is 1.46. The highest BCUT2D eigenvalue weighted by Gasteiger charge is 2.24. The van der Waals surface area contributed by atoms with Crippen molar-refractivity contribution in [3.05, 3.63) is 0 Å². The van der Waals surface area contributed by atoms with Crippen LogP contribution < -0.4 is 11.1 Å². The van der Waals surface area contributed by atoms with Gasteiger partial charge in [-0.25, -0.2) is 0 Å². The van der Waals surface area contributed by atoms with Crippen LogP contribution >= 0.6 is 0 Å². The van der Waals surface area contributed by atoms with Gasteiger partial charge in [0, 0.05) is 12.8 Å². The van der Waals surface area contributed by atoms with Gasteiger partial charge in [-0.15, -0.1) is 0 Å². The fraction of sp³-hybridized carbons (Fsp3) is 0.750. The highest BCUT2D eigenvalue weighted by Crippen LogP contribution is 2.19. The van der Waals surface area contributed by atoms with E-state index >= 15 is 0 Å². The summed E-state index contributed by atoms with van der Waals surface area (Å²) in [5.41, 5.74) is 5.15. The van der Waals surface area contributed by atoms with Gasteiger partial charge in [0.15, 0.2) is 0 Å². The Morgan fingerprint density at radius 3 is 2.46 bits per heavy atom.